The highest BCUT2D eigenvalue weighted by molar-refractivity contribution is 5.93. The summed E-state index contributed by atoms with van der Waals surface area (Å²) in [5, 5.41) is 30.0. The number of aromatic nitrogens is 2. The van der Waals surface area contributed by atoms with Gasteiger partial charge in [-0.25, -0.2) is 14.6 Å². The van der Waals surface area contributed by atoms with Gasteiger partial charge in [-0.2, -0.15) is 0 Å². The molecule has 0 spiro atoms. The molecule has 240 valence electrons. The van der Waals surface area contributed by atoms with E-state index in [9.17, 15) is 29.4 Å². The van der Waals surface area contributed by atoms with Gasteiger partial charge < -0.3 is 41.2 Å². The van der Waals surface area contributed by atoms with Crippen LogP contribution in [0.25, 0.3) is 0 Å². The Balaban J connectivity index is 1.46. The molecule has 13 nitrogen and oxygen atoms in total. The van der Waals surface area contributed by atoms with Crippen LogP contribution in [0.1, 0.15) is 22.4 Å². The molecular weight excluding hydrogens is 592 g/mol. The summed E-state index contributed by atoms with van der Waals surface area (Å²) in [5.74, 6) is -2.76. The molecular formula is C33H36N6O7. The molecule has 0 bridgehead atoms. The third kappa shape index (κ3) is 10.8. The number of imidazole rings is 1. The first-order chi connectivity index (χ1) is 22.3. The average Bonchev–Trinajstić information content (AvgIpc) is 3.58. The van der Waals surface area contributed by atoms with Gasteiger partial charge in [-0.1, -0.05) is 72.8 Å². The Labute approximate surface area is 265 Å². The lowest BCUT2D eigenvalue weighted by atomic mass is 10.0. The molecule has 13 heteroatoms. The van der Waals surface area contributed by atoms with E-state index in [-0.39, 0.29) is 38.3 Å². The van der Waals surface area contributed by atoms with E-state index in [0.717, 1.165) is 11.1 Å². The van der Waals surface area contributed by atoms with Gasteiger partial charge in [0, 0.05) is 31.3 Å². The molecule has 0 fully saturated rings. The number of benzene rings is 3. The maximum Gasteiger partial charge on any atom is 0.328 e. The number of phenols is 1. The van der Waals surface area contributed by atoms with E-state index in [1.54, 1.807) is 12.1 Å². The first kappa shape index (κ1) is 33.2. The maximum atomic E-state index is 13.6. The summed E-state index contributed by atoms with van der Waals surface area (Å²) in [5.41, 5.74) is 2.84. The molecule has 1 unspecified atom stereocenters. The molecule has 0 saturated heterocycles. The number of urea groups is 1. The van der Waals surface area contributed by atoms with Crippen molar-refractivity contribution in [3.05, 3.63) is 120 Å². The van der Waals surface area contributed by atoms with Gasteiger partial charge >= 0.3 is 12.0 Å². The zero-order chi connectivity index (χ0) is 32.7. The summed E-state index contributed by atoms with van der Waals surface area (Å²) < 4.78 is 5.56. The van der Waals surface area contributed by atoms with Crippen LogP contribution < -0.4 is 21.3 Å². The van der Waals surface area contributed by atoms with E-state index in [1.807, 2.05) is 60.7 Å². The molecule has 46 heavy (non-hydrogen) atoms. The highest BCUT2D eigenvalue weighted by Crippen LogP contribution is 2.12. The lowest BCUT2D eigenvalue weighted by Gasteiger charge is -2.25. The van der Waals surface area contributed by atoms with Crippen molar-refractivity contribution in [3.63, 3.8) is 0 Å². The number of carbonyl (C=O) groups is 4. The number of nitrogens with one attached hydrogen (secondary N) is 5. The molecule has 4 aromatic rings. The Morgan fingerprint density at radius 1 is 0.739 bits per heavy atom. The van der Waals surface area contributed by atoms with Crippen molar-refractivity contribution in [1.29, 1.82) is 0 Å². The molecule has 0 radical (unpaired) electrons. The number of phenolic OH excluding ortho intramolecular Hbond substituents is 1. The highest BCUT2D eigenvalue weighted by Gasteiger charge is 2.30. The zero-order valence-corrected chi connectivity index (χ0v) is 24.9. The summed E-state index contributed by atoms with van der Waals surface area (Å²) in [6, 6.07) is 20.0. The second-order valence-electron chi connectivity index (χ2n) is 10.5. The van der Waals surface area contributed by atoms with Crippen molar-refractivity contribution < 1.29 is 34.1 Å². The van der Waals surface area contributed by atoms with Gasteiger partial charge in [0.1, 0.15) is 17.8 Å². The van der Waals surface area contributed by atoms with Crippen LogP contribution in [0.2, 0.25) is 0 Å². The van der Waals surface area contributed by atoms with Gasteiger partial charge in [-0.15, -0.1) is 0 Å². The van der Waals surface area contributed by atoms with Crippen LogP contribution in [0.3, 0.4) is 0 Å². The zero-order valence-electron chi connectivity index (χ0n) is 24.9. The second-order valence-corrected chi connectivity index (χ2v) is 10.5. The Morgan fingerprint density at radius 2 is 1.35 bits per heavy atom. The van der Waals surface area contributed by atoms with Crippen molar-refractivity contribution in [2.75, 3.05) is 6.61 Å². The number of hydrogen-bond donors (Lipinski definition) is 7. The molecule has 3 atom stereocenters. The average molecular weight is 629 g/mol. The van der Waals surface area contributed by atoms with E-state index >= 15 is 0 Å². The fourth-order valence-electron chi connectivity index (χ4n) is 4.48. The fraction of sp³-hybridized carbons (Fsp3) is 0.242. The standard InChI is InChI=1S/C33H36N6O7/c40-26-13-11-22(12-14-26)15-27(30(41)38-29(32(43)44)20-46-19-24-9-5-2-6-10-24)37-31(42)28(16-25-18-34-21-36-25)39-33(45)35-17-23-7-3-1-4-8-23/h1-14,18,21,27-29,40H,15-17,19-20H2,(H,34,36)(H,37,42)(H,38,41)(H,43,44)(H2,35,39,45)/t27-,28-,29?/m0/s1. The molecule has 0 aliphatic rings. The number of H-pyrrole nitrogens is 1. The number of hydrogen-bond acceptors (Lipinski definition) is 7. The van der Waals surface area contributed by atoms with Crippen LogP contribution in [0.4, 0.5) is 4.79 Å². The first-order valence-electron chi connectivity index (χ1n) is 14.6. The molecule has 3 aromatic carbocycles. The minimum Gasteiger partial charge on any atom is -0.508 e. The first-order valence-corrected chi connectivity index (χ1v) is 14.6. The number of aromatic hydroxyl groups is 1. The van der Waals surface area contributed by atoms with Gasteiger partial charge in [-0.05, 0) is 28.8 Å². The van der Waals surface area contributed by atoms with Crippen molar-refractivity contribution in [2.45, 2.75) is 44.1 Å². The predicted molar refractivity (Wildman–Crippen MR) is 167 cm³/mol. The summed E-state index contributed by atoms with van der Waals surface area (Å²) in [6.07, 6.45) is 2.94. The molecule has 1 aromatic heterocycles. The van der Waals surface area contributed by atoms with Crippen LogP contribution in [-0.2, 0) is 45.1 Å². The minimum atomic E-state index is -1.40. The van der Waals surface area contributed by atoms with Gasteiger partial charge in [-0.3, -0.25) is 9.59 Å². The smallest absolute Gasteiger partial charge is 0.328 e. The summed E-state index contributed by atoms with van der Waals surface area (Å²) >= 11 is 0. The number of carboxylic acids is 1. The van der Waals surface area contributed by atoms with Gasteiger partial charge in [0.25, 0.3) is 0 Å². The second kappa shape index (κ2) is 17.0. The Hall–Kier alpha value is -5.69. The van der Waals surface area contributed by atoms with Crippen molar-refractivity contribution >= 4 is 23.8 Å². The van der Waals surface area contributed by atoms with E-state index < -0.39 is 41.9 Å². The van der Waals surface area contributed by atoms with E-state index in [0.29, 0.717) is 11.3 Å². The topological polar surface area (TPSA) is 195 Å². The van der Waals surface area contributed by atoms with Crippen LogP contribution >= 0.6 is 0 Å². The van der Waals surface area contributed by atoms with Crippen LogP contribution in [0, 0.1) is 0 Å². The number of aromatic amines is 1. The molecule has 0 saturated carbocycles. The molecule has 7 N–H and O–H groups in total. The summed E-state index contributed by atoms with van der Waals surface area (Å²) in [4.78, 5) is 58.8. The highest BCUT2D eigenvalue weighted by atomic mass is 16.5. The fourth-order valence-corrected chi connectivity index (χ4v) is 4.48. The lowest BCUT2D eigenvalue weighted by molar-refractivity contribution is -0.144. The van der Waals surface area contributed by atoms with Crippen LogP contribution in [0.15, 0.2) is 97.5 Å². The number of nitrogens with zero attached hydrogens (tertiary/aromatic N) is 1. The third-order valence-electron chi connectivity index (χ3n) is 6.92. The van der Waals surface area contributed by atoms with Crippen molar-refractivity contribution in [1.82, 2.24) is 31.2 Å². The van der Waals surface area contributed by atoms with Gasteiger partial charge in [0.2, 0.25) is 11.8 Å². The van der Waals surface area contributed by atoms with Crippen LogP contribution in [-0.4, -0.2) is 68.7 Å². The monoisotopic (exact) mass is 628 g/mol. The molecule has 0 aliphatic carbocycles. The number of amides is 4. The normalized spacial score (nSPS) is 12.7. The van der Waals surface area contributed by atoms with E-state index in [1.165, 1.54) is 24.7 Å². The van der Waals surface area contributed by atoms with Gasteiger partial charge in [0.05, 0.1) is 19.5 Å². The molecule has 4 rings (SSSR count). The largest absolute Gasteiger partial charge is 0.508 e. The van der Waals surface area contributed by atoms with Crippen molar-refractivity contribution in [3.8, 4) is 5.75 Å². The number of aliphatic carboxylic acids is 1. The van der Waals surface area contributed by atoms with E-state index in [4.69, 9.17) is 4.74 Å². The molecule has 0 aliphatic heterocycles. The van der Waals surface area contributed by atoms with Crippen molar-refractivity contribution in [2.24, 2.45) is 0 Å². The SMILES string of the molecule is O=C(NCc1ccccc1)N[C@@H](Cc1cnc[nH]1)C(=O)N[C@@H](Cc1ccc(O)cc1)C(=O)NC(COCc1ccccc1)C(=O)O. The Morgan fingerprint density at radius 3 is 1.96 bits per heavy atom. The molecule has 4 amide bonds. The van der Waals surface area contributed by atoms with E-state index in [2.05, 4.69) is 31.2 Å². The quantitative estimate of drug-likeness (QED) is 0.0979. The predicted octanol–water partition coefficient (Wildman–Crippen LogP) is 2.04. The lowest BCUT2D eigenvalue weighted by Crippen LogP contribution is -2.58. The Kier molecular flexibility index (Phi) is 12.2. The number of carbonyl (C=O) groups excluding carboxylic acids is 3. The molecule has 1 heterocycles. The number of ether oxygens (including phenoxy) is 1. The summed E-state index contributed by atoms with van der Waals surface area (Å²) in [6.45, 7) is 0.0444. The number of rotatable bonds is 16. The number of carboxylic acid groups (broad SMARTS) is 1. The Bertz CT molecular complexity index is 1550. The maximum absolute atomic E-state index is 13.6. The third-order valence-corrected chi connectivity index (χ3v) is 6.92. The van der Waals surface area contributed by atoms with Crippen LogP contribution in [0.5, 0.6) is 5.75 Å². The minimum absolute atomic E-state index is 0.0145. The van der Waals surface area contributed by atoms with Gasteiger partial charge in [0.15, 0.2) is 6.04 Å². The summed E-state index contributed by atoms with van der Waals surface area (Å²) in [7, 11) is 0.